The highest BCUT2D eigenvalue weighted by Crippen LogP contribution is 2.29. The molecule has 0 atom stereocenters. The lowest BCUT2D eigenvalue weighted by molar-refractivity contribution is -0.201. The van der Waals surface area contributed by atoms with Gasteiger partial charge >= 0.3 is 12.1 Å². The largest absolute Gasteiger partial charge is 0.490 e. The monoisotopic (exact) mass is 240 g/mol. The van der Waals surface area contributed by atoms with Crippen molar-refractivity contribution in [3.05, 3.63) is 0 Å². The van der Waals surface area contributed by atoms with Gasteiger partial charge in [-0.15, -0.1) is 0 Å². The van der Waals surface area contributed by atoms with Crippen LogP contribution in [0.15, 0.2) is 0 Å². The van der Waals surface area contributed by atoms with Crippen LogP contribution >= 0.6 is 0 Å². The highest BCUT2D eigenvalue weighted by Gasteiger charge is 2.41. The molecule has 0 aliphatic heterocycles. The summed E-state index contributed by atoms with van der Waals surface area (Å²) < 4.78 is 39.6. The van der Waals surface area contributed by atoms with E-state index in [4.69, 9.17) is 5.11 Å². The second-order valence-electron chi connectivity index (χ2n) is 4.17. The Morgan fingerprint density at radius 2 is 1.69 bits per heavy atom. The van der Waals surface area contributed by atoms with E-state index in [1.165, 1.54) is 0 Å². The molecule has 3 nitrogen and oxygen atoms in total. The van der Waals surface area contributed by atoms with Crippen molar-refractivity contribution < 1.29 is 27.8 Å². The molecule has 0 unspecified atom stereocenters. The fourth-order valence-electron chi connectivity index (χ4n) is 1.86. The van der Waals surface area contributed by atoms with E-state index in [0.717, 1.165) is 12.8 Å². The van der Waals surface area contributed by atoms with Gasteiger partial charge in [0.1, 0.15) is 0 Å². The Hall–Kier alpha value is -0.780. The van der Waals surface area contributed by atoms with Crippen LogP contribution in [-0.2, 0) is 9.53 Å². The lowest BCUT2D eigenvalue weighted by atomic mass is 9.83. The molecular formula is C10H15F3O3. The van der Waals surface area contributed by atoms with E-state index in [2.05, 4.69) is 4.74 Å². The molecule has 1 aliphatic rings. The van der Waals surface area contributed by atoms with Crippen molar-refractivity contribution in [2.75, 3.05) is 13.2 Å². The molecule has 0 radical (unpaired) electrons. The van der Waals surface area contributed by atoms with Gasteiger partial charge < -0.3 is 9.84 Å². The average Bonchev–Trinajstić information content (AvgIpc) is 2.25. The predicted molar refractivity (Wildman–Crippen MR) is 49.5 cm³/mol. The quantitative estimate of drug-likeness (QED) is 0.766. The molecular weight excluding hydrogens is 225 g/mol. The highest BCUT2D eigenvalue weighted by molar-refractivity contribution is 5.75. The van der Waals surface area contributed by atoms with Gasteiger partial charge in [0.25, 0.3) is 0 Å². The number of hydrogen-bond acceptors (Lipinski definition) is 3. The maximum absolute atomic E-state index is 11.8. The Morgan fingerprint density at radius 3 is 2.12 bits per heavy atom. The Bertz CT molecular complexity index is 232. The molecule has 0 amide bonds. The number of esters is 1. The van der Waals surface area contributed by atoms with Crippen molar-refractivity contribution >= 4 is 5.97 Å². The number of aliphatic hydroxyl groups excluding tert-OH is 1. The number of carbonyl (C=O) groups excluding carboxylic acids is 1. The van der Waals surface area contributed by atoms with Gasteiger partial charge in [-0.05, 0) is 37.5 Å². The van der Waals surface area contributed by atoms with Crippen LogP contribution in [0.25, 0.3) is 0 Å². The molecule has 0 bridgehead atoms. The minimum absolute atomic E-state index is 0.00546. The summed E-state index contributed by atoms with van der Waals surface area (Å²) >= 11 is 0. The number of hydrogen-bond donors (Lipinski definition) is 1. The summed E-state index contributed by atoms with van der Waals surface area (Å²) in [6.45, 7) is -0.0500. The Morgan fingerprint density at radius 1 is 1.19 bits per heavy atom. The molecule has 0 aromatic carbocycles. The molecule has 1 fully saturated rings. The van der Waals surface area contributed by atoms with E-state index < -0.39 is 12.1 Å². The van der Waals surface area contributed by atoms with Crippen molar-refractivity contribution in [2.45, 2.75) is 31.9 Å². The molecule has 0 saturated heterocycles. The Labute approximate surface area is 91.6 Å². The van der Waals surface area contributed by atoms with Crippen LogP contribution in [0.1, 0.15) is 25.7 Å². The van der Waals surface area contributed by atoms with Crippen molar-refractivity contribution in [1.82, 2.24) is 0 Å². The first kappa shape index (κ1) is 13.3. The first-order chi connectivity index (χ1) is 7.43. The summed E-state index contributed by atoms with van der Waals surface area (Å²) in [4.78, 5) is 10.4. The van der Waals surface area contributed by atoms with E-state index in [-0.39, 0.29) is 25.0 Å². The van der Waals surface area contributed by atoms with E-state index >= 15 is 0 Å². The number of carbonyl (C=O) groups is 1. The van der Waals surface area contributed by atoms with E-state index in [1.54, 1.807) is 0 Å². The van der Waals surface area contributed by atoms with Gasteiger partial charge in [0.05, 0.1) is 6.61 Å². The number of halogens is 3. The second-order valence-corrected chi connectivity index (χ2v) is 4.17. The minimum atomic E-state index is -4.90. The van der Waals surface area contributed by atoms with Crippen LogP contribution in [-0.4, -0.2) is 30.5 Å². The zero-order valence-electron chi connectivity index (χ0n) is 8.79. The normalized spacial score (nSPS) is 26.5. The molecule has 0 heterocycles. The maximum atomic E-state index is 11.8. The molecule has 16 heavy (non-hydrogen) atoms. The minimum Gasteiger partial charge on any atom is -0.459 e. The molecule has 94 valence electrons. The van der Waals surface area contributed by atoms with E-state index in [9.17, 15) is 18.0 Å². The van der Waals surface area contributed by atoms with Gasteiger partial charge in [0, 0.05) is 6.61 Å². The van der Waals surface area contributed by atoms with E-state index in [0.29, 0.717) is 12.8 Å². The van der Waals surface area contributed by atoms with Gasteiger partial charge in [-0.3, -0.25) is 0 Å². The van der Waals surface area contributed by atoms with Crippen LogP contribution in [0.4, 0.5) is 13.2 Å². The van der Waals surface area contributed by atoms with Crippen LogP contribution in [0.2, 0.25) is 0 Å². The molecule has 1 aliphatic carbocycles. The summed E-state index contributed by atoms with van der Waals surface area (Å²) in [7, 11) is 0. The summed E-state index contributed by atoms with van der Waals surface area (Å²) in [5.41, 5.74) is 0. The fraction of sp³-hybridized carbons (Fsp3) is 0.900. The molecule has 0 aromatic heterocycles. The summed E-state index contributed by atoms with van der Waals surface area (Å²) in [5, 5.41) is 8.87. The second kappa shape index (κ2) is 5.52. The van der Waals surface area contributed by atoms with Gasteiger partial charge in [-0.1, -0.05) is 0 Å². The van der Waals surface area contributed by atoms with Crippen molar-refractivity contribution in [3.63, 3.8) is 0 Å². The van der Waals surface area contributed by atoms with Gasteiger partial charge in [0.2, 0.25) is 0 Å². The topological polar surface area (TPSA) is 46.5 Å². The number of rotatable bonds is 3. The molecule has 0 aromatic rings. The maximum Gasteiger partial charge on any atom is 0.490 e. The zero-order valence-corrected chi connectivity index (χ0v) is 8.79. The molecule has 6 heteroatoms. The highest BCUT2D eigenvalue weighted by atomic mass is 19.4. The van der Waals surface area contributed by atoms with Crippen molar-refractivity contribution in [1.29, 1.82) is 0 Å². The van der Waals surface area contributed by atoms with Crippen LogP contribution < -0.4 is 0 Å². The Balaban J connectivity index is 2.22. The third kappa shape index (κ3) is 4.00. The first-order valence-corrected chi connectivity index (χ1v) is 5.28. The first-order valence-electron chi connectivity index (χ1n) is 5.28. The predicted octanol–water partition coefficient (Wildman–Crippen LogP) is 1.89. The molecule has 1 N–H and O–H groups in total. The van der Waals surface area contributed by atoms with Gasteiger partial charge in [-0.25, -0.2) is 4.79 Å². The Kier molecular flexibility index (Phi) is 4.58. The van der Waals surface area contributed by atoms with E-state index in [1.807, 2.05) is 0 Å². The van der Waals surface area contributed by atoms with Gasteiger partial charge in [0.15, 0.2) is 0 Å². The standard InChI is InChI=1S/C10H15F3O3/c11-10(12,13)9(15)16-6-8-3-1-7(5-14)2-4-8/h7-8,14H,1-6H2. The molecule has 1 saturated carbocycles. The summed E-state index contributed by atoms with van der Waals surface area (Å²) in [6.07, 6.45) is -1.93. The third-order valence-corrected chi connectivity index (χ3v) is 2.91. The van der Waals surface area contributed by atoms with Crippen LogP contribution in [0.3, 0.4) is 0 Å². The summed E-state index contributed by atoms with van der Waals surface area (Å²) in [6, 6.07) is 0. The number of alkyl halides is 3. The molecule has 0 spiro atoms. The molecule has 1 rings (SSSR count). The van der Waals surface area contributed by atoms with Gasteiger partial charge in [-0.2, -0.15) is 13.2 Å². The lowest BCUT2D eigenvalue weighted by Gasteiger charge is -2.26. The summed E-state index contributed by atoms with van der Waals surface area (Å²) in [5.74, 6) is -1.87. The van der Waals surface area contributed by atoms with Crippen molar-refractivity contribution in [3.8, 4) is 0 Å². The van der Waals surface area contributed by atoms with Crippen LogP contribution in [0, 0.1) is 11.8 Å². The fourth-order valence-corrected chi connectivity index (χ4v) is 1.86. The van der Waals surface area contributed by atoms with Crippen LogP contribution in [0.5, 0.6) is 0 Å². The SMILES string of the molecule is O=C(OCC1CCC(CO)CC1)C(F)(F)F. The third-order valence-electron chi connectivity index (χ3n) is 2.91. The lowest BCUT2D eigenvalue weighted by Crippen LogP contribution is -2.29. The smallest absolute Gasteiger partial charge is 0.459 e. The number of aliphatic hydroxyl groups is 1. The zero-order chi connectivity index (χ0) is 12.2. The van der Waals surface area contributed by atoms with Crippen molar-refractivity contribution in [2.24, 2.45) is 11.8 Å². The average molecular weight is 240 g/mol. The number of ether oxygens (including phenoxy) is 1.